The SMILES string of the molecule is Cc1cnc2c(C(=O)Nc3cc4c(cc3N3CCN(C5COC5)CC3)C(=O)N(CC(F)C(C)(C)O)C4)cnn2c1. The predicted molar refractivity (Wildman–Crippen MR) is 146 cm³/mol. The first kappa shape index (κ1) is 26.6. The number of aromatic nitrogens is 3. The van der Waals surface area contributed by atoms with Crippen LogP contribution < -0.4 is 10.2 Å². The van der Waals surface area contributed by atoms with Gasteiger partial charge in [0, 0.05) is 50.7 Å². The van der Waals surface area contributed by atoms with Gasteiger partial charge in [0.05, 0.1) is 49.0 Å². The Morgan fingerprint density at radius 1 is 1.23 bits per heavy atom. The number of ether oxygens (including phenoxy) is 1. The molecule has 2 aromatic heterocycles. The zero-order valence-corrected chi connectivity index (χ0v) is 22.9. The summed E-state index contributed by atoms with van der Waals surface area (Å²) in [4.78, 5) is 37.2. The summed E-state index contributed by atoms with van der Waals surface area (Å²) in [7, 11) is 0. The molecule has 0 saturated carbocycles. The minimum atomic E-state index is -1.60. The minimum Gasteiger partial charge on any atom is -0.387 e. The molecule has 212 valence electrons. The van der Waals surface area contributed by atoms with Crippen molar-refractivity contribution in [2.24, 2.45) is 0 Å². The molecule has 2 saturated heterocycles. The molecule has 5 heterocycles. The van der Waals surface area contributed by atoms with Crippen molar-refractivity contribution in [1.82, 2.24) is 24.4 Å². The fourth-order valence-corrected chi connectivity index (χ4v) is 5.42. The molecule has 3 aromatic rings. The van der Waals surface area contributed by atoms with Crippen molar-refractivity contribution in [3.05, 3.63) is 53.0 Å². The van der Waals surface area contributed by atoms with Crippen LogP contribution in [0, 0.1) is 6.92 Å². The van der Waals surface area contributed by atoms with Gasteiger partial charge in [-0.25, -0.2) is 13.9 Å². The molecular formula is C28H34FN7O4. The number of fused-ring (bicyclic) bond motifs is 2. The third kappa shape index (κ3) is 4.91. The standard InChI is InChI=1S/C28H34FN7O4/c1-17-10-30-25-21(11-31-36(25)12-17)26(37)32-22-8-18-13-35(14-24(29)28(2,3)39)27(38)20(18)9-23(22)34-6-4-33(5-7-34)19-15-40-16-19/h8-12,19,24,39H,4-7,13-16H2,1-3H3,(H,32,37). The number of hydrogen-bond acceptors (Lipinski definition) is 8. The van der Waals surface area contributed by atoms with E-state index in [-0.39, 0.29) is 24.9 Å². The number of rotatable bonds is 7. The van der Waals surface area contributed by atoms with E-state index in [2.05, 4.69) is 25.2 Å². The summed E-state index contributed by atoms with van der Waals surface area (Å²) in [6, 6.07) is 4.06. The molecule has 12 heteroatoms. The van der Waals surface area contributed by atoms with Gasteiger partial charge in [0.1, 0.15) is 11.7 Å². The quantitative estimate of drug-likeness (QED) is 0.458. The van der Waals surface area contributed by atoms with E-state index in [4.69, 9.17) is 4.74 Å². The van der Waals surface area contributed by atoms with Gasteiger partial charge >= 0.3 is 0 Å². The molecule has 3 aliphatic heterocycles. The maximum atomic E-state index is 14.7. The van der Waals surface area contributed by atoms with Crippen molar-refractivity contribution in [2.75, 3.05) is 56.2 Å². The molecule has 1 atom stereocenters. The molecule has 1 unspecified atom stereocenters. The highest BCUT2D eigenvalue weighted by Gasteiger charge is 2.36. The van der Waals surface area contributed by atoms with E-state index in [0.29, 0.717) is 34.1 Å². The van der Waals surface area contributed by atoms with Crippen LogP contribution in [-0.4, -0.2) is 105 Å². The number of amides is 2. The van der Waals surface area contributed by atoms with E-state index < -0.39 is 11.8 Å². The van der Waals surface area contributed by atoms with Crippen LogP contribution in [0.3, 0.4) is 0 Å². The van der Waals surface area contributed by atoms with Crippen LogP contribution in [0.1, 0.15) is 45.7 Å². The van der Waals surface area contributed by atoms with Crippen molar-refractivity contribution < 1.29 is 23.8 Å². The number of halogens is 1. The van der Waals surface area contributed by atoms with Crippen molar-refractivity contribution in [3.8, 4) is 0 Å². The van der Waals surface area contributed by atoms with Crippen molar-refractivity contribution in [2.45, 2.75) is 45.1 Å². The molecule has 3 aliphatic rings. The first-order valence-electron chi connectivity index (χ1n) is 13.6. The Morgan fingerprint density at radius 3 is 2.65 bits per heavy atom. The van der Waals surface area contributed by atoms with E-state index >= 15 is 0 Å². The zero-order chi connectivity index (χ0) is 28.2. The number of carbonyl (C=O) groups is 2. The zero-order valence-electron chi connectivity index (χ0n) is 22.9. The smallest absolute Gasteiger partial charge is 0.261 e. The molecule has 2 N–H and O–H groups in total. The van der Waals surface area contributed by atoms with Crippen LogP contribution in [0.5, 0.6) is 0 Å². The predicted octanol–water partition coefficient (Wildman–Crippen LogP) is 1.88. The third-order valence-electron chi connectivity index (χ3n) is 8.02. The lowest BCUT2D eigenvalue weighted by Gasteiger charge is -2.43. The Balaban J connectivity index is 1.30. The summed E-state index contributed by atoms with van der Waals surface area (Å²) in [6.45, 7) is 9.28. The monoisotopic (exact) mass is 551 g/mol. The second-order valence-corrected chi connectivity index (χ2v) is 11.5. The Hall–Kier alpha value is -3.61. The fraction of sp³-hybridized carbons (Fsp3) is 0.500. The van der Waals surface area contributed by atoms with E-state index in [1.54, 1.807) is 16.9 Å². The van der Waals surface area contributed by atoms with Crippen LogP contribution in [0.25, 0.3) is 5.65 Å². The van der Waals surface area contributed by atoms with E-state index in [0.717, 1.165) is 50.6 Å². The highest BCUT2D eigenvalue weighted by Crippen LogP contribution is 2.36. The molecule has 0 aliphatic carbocycles. The van der Waals surface area contributed by atoms with Gasteiger partial charge in [-0.2, -0.15) is 5.10 Å². The molecule has 11 nitrogen and oxygen atoms in total. The fourth-order valence-electron chi connectivity index (χ4n) is 5.42. The average Bonchev–Trinajstić information content (AvgIpc) is 3.42. The summed E-state index contributed by atoms with van der Waals surface area (Å²) in [5, 5.41) is 17.4. The molecule has 2 amide bonds. The number of carbonyl (C=O) groups excluding carboxylic acids is 2. The van der Waals surface area contributed by atoms with Gasteiger partial charge in [0.25, 0.3) is 11.8 Å². The Bertz CT molecular complexity index is 1460. The number of hydrogen-bond donors (Lipinski definition) is 2. The molecule has 0 bridgehead atoms. The molecule has 1 aromatic carbocycles. The van der Waals surface area contributed by atoms with Gasteiger partial charge in [-0.1, -0.05) is 0 Å². The molecular weight excluding hydrogens is 517 g/mol. The number of aryl methyl sites for hydroxylation is 1. The number of nitrogens with zero attached hydrogens (tertiary/aromatic N) is 6. The summed E-state index contributed by atoms with van der Waals surface area (Å²) < 4.78 is 21.6. The number of nitrogens with one attached hydrogen (secondary N) is 1. The van der Waals surface area contributed by atoms with Gasteiger partial charge in [-0.3, -0.25) is 14.5 Å². The van der Waals surface area contributed by atoms with Crippen LogP contribution in [0.15, 0.2) is 30.7 Å². The summed E-state index contributed by atoms with van der Waals surface area (Å²) in [5.41, 5.74) is 2.64. The van der Waals surface area contributed by atoms with Crippen molar-refractivity contribution in [3.63, 3.8) is 0 Å². The number of anilines is 2. The Labute approximate surface area is 231 Å². The number of aliphatic hydroxyl groups is 1. The average molecular weight is 552 g/mol. The van der Waals surface area contributed by atoms with Crippen LogP contribution >= 0.6 is 0 Å². The van der Waals surface area contributed by atoms with Crippen molar-refractivity contribution in [1.29, 1.82) is 0 Å². The van der Waals surface area contributed by atoms with Gasteiger partial charge in [-0.05, 0) is 44.0 Å². The van der Waals surface area contributed by atoms with Crippen LogP contribution in [0.4, 0.5) is 15.8 Å². The van der Waals surface area contributed by atoms with E-state index in [1.807, 2.05) is 19.1 Å². The highest BCUT2D eigenvalue weighted by atomic mass is 19.1. The largest absolute Gasteiger partial charge is 0.387 e. The van der Waals surface area contributed by atoms with Crippen LogP contribution in [-0.2, 0) is 11.3 Å². The lowest BCUT2D eigenvalue weighted by molar-refractivity contribution is -0.0660. The second kappa shape index (κ2) is 10.1. The maximum absolute atomic E-state index is 14.7. The van der Waals surface area contributed by atoms with Gasteiger partial charge < -0.3 is 25.0 Å². The van der Waals surface area contributed by atoms with E-state index in [1.165, 1.54) is 24.9 Å². The van der Waals surface area contributed by atoms with Gasteiger partial charge in [0.2, 0.25) is 0 Å². The lowest BCUT2D eigenvalue weighted by Crippen LogP contribution is -2.56. The Kier molecular flexibility index (Phi) is 6.71. The molecule has 2 fully saturated rings. The lowest BCUT2D eigenvalue weighted by atomic mass is 10.0. The molecule has 6 rings (SSSR count). The first-order valence-corrected chi connectivity index (χ1v) is 13.6. The number of benzene rings is 1. The molecule has 0 spiro atoms. The summed E-state index contributed by atoms with van der Waals surface area (Å²) in [5.74, 6) is -0.640. The third-order valence-corrected chi connectivity index (χ3v) is 8.02. The first-order chi connectivity index (χ1) is 19.1. The Morgan fingerprint density at radius 2 is 1.98 bits per heavy atom. The number of piperazine rings is 1. The maximum Gasteiger partial charge on any atom is 0.261 e. The topological polar surface area (TPSA) is 116 Å². The highest BCUT2D eigenvalue weighted by molar-refractivity contribution is 6.10. The number of alkyl halides is 1. The summed E-state index contributed by atoms with van der Waals surface area (Å²) in [6.07, 6.45) is 3.39. The molecule has 0 radical (unpaired) electrons. The van der Waals surface area contributed by atoms with Gasteiger partial charge in [0.15, 0.2) is 5.65 Å². The minimum absolute atomic E-state index is 0.195. The molecule has 40 heavy (non-hydrogen) atoms. The van der Waals surface area contributed by atoms with Gasteiger partial charge in [-0.15, -0.1) is 0 Å². The van der Waals surface area contributed by atoms with Crippen molar-refractivity contribution >= 4 is 28.8 Å². The second-order valence-electron chi connectivity index (χ2n) is 11.5. The normalized spacial score (nSPS) is 19.2. The summed E-state index contributed by atoms with van der Waals surface area (Å²) >= 11 is 0. The van der Waals surface area contributed by atoms with E-state index in [9.17, 15) is 19.1 Å². The van der Waals surface area contributed by atoms with Crippen LogP contribution in [0.2, 0.25) is 0 Å².